The molecule has 1 aliphatic rings. The fourth-order valence-electron chi connectivity index (χ4n) is 2.05. The SMILES string of the molecule is CON(C)C(=O)C1Cc2c(F)cnc(F)c2C1. The Morgan fingerprint density at radius 1 is 1.47 bits per heavy atom. The first-order valence-corrected chi connectivity index (χ1v) is 5.18. The van der Waals surface area contributed by atoms with Gasteiger partial charge in [-0.05, 0) is 18.4 Å². The normalized spacial score (nSPS) is 18.0. The van der Waals surface area contributed by atoms with Gasteiger partial charge in [-0.15, -0.1) is 0 Å². The second-order valence-electron chi connectivity index (χ2n) is 3.98. The highest BCUT2D eigenvalue weighted by Gasteiger charge is 2.33. The fourth-order valence-corrected chi connectivity index (χ4v) is 2.05. The van der Waals surface area contributed by atoms with Gasteiger partial charge < -0.3 is 0 Å². The average Bonchev–Trinajstić information content (AvgIpc) is 2.78. The van der Waals surface area contributed by atoms with Crippen molar-refractivity contribution in [2.24, 2.45) is 5.92 Å². The predicted octanol–water partition coefficient (Wildman–Crippen LogP) is 1.09. The van der Waals surface area contributed by atoms with Crippen LogP contribution in [0.4, 0.5) is 8.78 Å². The van der Waals surface area contributed by atoms with Crippen LogP contribution in [0.25, 0.3) is 0 Å². The number of aromatic nitrogens is 1. The summed E-state index contributed by atoms with van der Waals surface area (Å²) in [6.45, 7) is 0. The van der Waals surface area contributed by atoms with Crippen molar-refractivity contribution in [2.75, 3.05) is 14.2 Å². The first-order chi connectivity index (χ1) is 8.04. The van der Waals surface area contributed by atoms with E-state index in [0.717, 1.165) is 11.3 Å². The summed E-state index contributed by atoms with van der Waals surface area (Å²) in [5.41, 5.74) is 0.452. The van der Waals surface area contributed by atoms with Crippen LogP contribution in [0, 0.1) is 17.7 Å². The molecule has 0 saturated carbocycles. The van der Waals surface area contributed by atoms with Gasteiger partial charge >= 0.3 is 0 Å². The molecule has 0 saturated heterocycles. The molecule has 0 bridgehead atoms. The highest BCUT2D eigenvalue weighted by Crippen LogP contribution is 2.30. The second kappa shape index (κ2) is 4.37. The van der Waals surface area contributed by atoms with Gasteiger partial charge in [-0.3, -0.25) is 9.63 Å². The molecule has 1 aliphatic carbocycles. The summed E-state index contributed by atoms with van der Waals surface area (Å²) in [5.74, 6) is -2.03. The predicted molar refractivity (Wildman–Crippen MR) is 54.8 cm³/mol. The second-order valence-corrected chi connectivity index (χ2v) is 3.98. The quantitative estimate of drug-likeness (QED) is 0.576. The zero-order valence-corrected chi connectivity index (χ0v) is 9.54. The molecule has 2 rings (SSSR count). The van der Waals surface area contributed by atoms with Crippen LogP contribution in [-0.4, -0.2) is 30.1 Å². The van der Waals surface area contributed by atoms with E-state index < -0.39 is 17.7 Å². The van der Waals surface area contributed by atoms with Gasteiger partial charge in [0.15, 0.2) is 0 Å². The highest BCUT2D eigenvalue weighted by molar-refractivity contribution is 5.79. The summed E-state index contributed by atoms with van der Waals surface area (Å²) in [7, 11) is 2.83. The molecule has 0 spiro atoms. The molecule has 1 atom stereocenters. The summed E-state index contributed by atoms with van der Waals surface area (Å²) < 4.78 is 26.8. The van der Waals surface area contributed by atoms with Crippen LogP contribution in [-0.2, 0) is 22.5 Å². The molecule has 92 valence electrons. The highest BCUT2D eigenvalue weighted by atomic mass is 19.1. The van der Waals surface area contributed by atoms with Gasteiger partial charge in [0.05, 0.1) is 13.3 Å². The van der Waals surface area contributed by atoms with Crippen molar-refractivity contribution in [1.29, 1.82) is 0 Å². The number of amides is 1. The van der Waals surface area contributed by atoms with Crippen LogP contribution < -0.4 is 0 Å². The molecule has 1 heterocycles. The van der Waals surface area contributed by atoms with Gasteiger partial charge in [0, 0.05) is 18.5 Å². The lowest BCUT2D eigenvalue weighted by atomic mass is 10.1. The summed E-state index contributed by atoms with van der Waals surface area (Å²) >= 11 is 0. The summed E-state index contributed by atoms with van der Waals surface area (Å²) in [4.78, 5) is 19.9. The van der Waals surface area contributed by atoms with E-state index in [1.165, 1.54) is 14.2 Å². The Labute approximate surface area is 97.2 Å². The minimum atomic E-state index is -0.697. The average molecular weight is 242 g/mol. The van der Waals surface area contributed by atoms with Crippen LogP contribution in [0.3, 0.4) is 0 Å². The molecule has 4 nitrogen and oxygen atoms in total. The molecule has 0 radical (unpaired) electrons. The minimum Gasteiger partial charge on any atom is -0.275 e. The number of pyridine rings is 1. The Morgan fingerprint density at radius 3 is 2.71 bits per heavy atom. The monoisotopic (exact) mass is 242 g/mol. The Morgan fingerprint density at radius 2 is 2.12 bits per heavy atom. The molecule has 6 heteroatoms. The van der Waals surface area contributed by atoms with Crippen LogP contribution >= 0.6 is 0 Å². The number of nitrogens with zero attached hydrogens (tertiary/aromatic N) is 2. The number of fused-ring (bicyclic) bond motifs is 1. The maximum Gasteiger partial charge on any atom is 0.249 e. The molecular weight excluding hydrogens is 230 g/mol. The van der Waals surface area contributed by atoms with Crippen molar-refractivity contribution in [2.45, 2.75) is 12.8 Å². The molecule has 1 amide bonds. The third kappa shape index (κ3) is 2.00. The third-order valence-electron chi connectivity index (χ3n) is 3.03. The number of carbonyl (C=O) groups excluding carboxylic acids is 1. The number of halogens is 2. The minimum absolute atomic E-state index is 0.165. The summed E-state index contributed by atoms with van der Waals surface area (Å²) in [5, 5.41) is 1.07. The third-order valence-corrected chi connectivity index (χ3v) is 3.03. The number of rotatable bonds is 2. The molecule has 1 unspecified atom stereocenters. The smallest absolute Gasteiger partial charge is 0.249 e. The van der Waals surface area contributed by atoms with Gasteiger partial charge in [0.2, 0.25) is 11.9 Å². The first-order valence-electron chi connectivity index (χ1n) is 5.18. The van der Waals surface area contributed by atoms with E-state index in [1.54, 1.807) is 0 Å². The Hall–Kier alpha value is -1.56. The van der Waals surface area contributed by atoms with Gasteiger partial charge in [-0.25, -0.2) is 14.4 Å². The Balaban J connectivity index is 2.25. The lowest BCUT2D eigenvalue weighted by molar-refractivity contribution is -0.173. The topological polar surface area (TPSA) is 42.4 Å². The number of hydroxylamine groups is 2. The Kier molecular flexibility index (Phi) is 3.06. The van der Waals surface area contributed by atoms with Gasteiger partial charge in [0.25, 0.3) is 0 Å². The van der Waals surface area contributed by atoms with Crippen molar-refractivity contribution < 1.29 is 18.4 Å². The number of hydrogen-bond acceptors (Lipinski definition) is 3. The largest absolute Gasteiger partial charge is 0.275 e. The van der Waals surface area contributed by atoms with E-state index >= 15 is 0 Å². The molecule has 17 heavy (non-hydrogen) atoms. The van der Waals surface area contributed by atoms with Crippen LogP contribution in [0.5, 0.6) is 0 Å². The maximum atomic E-state index is 13.4. The standard InChI is InChI=1S/C11H12F2N2O2/c1-15(17-2)11(16)6-3-7-8(4-6)10(13)14-5-9(7)12/h5-6H,3-4H2,1-2H3. The van der Waals surface area contributed by atoms with Crippen molar-refractivity contribution in [3.63, 3.8) is 0 Å². The van der Waals surface area contributed by atoms with Crippen LogP contribution in [0.15, 0.2) is 6.20 Å². The summed E-state index contributed by atoms with van der Waals surface area (Å²) in [6.07, 6.45) is 1.20. The van der Waals surface area contributed by atoms with Crippen molar-refractivity contribution in [3.8, 4) is 0 Å². The number of hydrogen-bond donors (Lipinski definition) is 0. The molecule has 1 aromatic rings. The van der Waals surface area contributed by atoms with E-state index in [0.29, 0.717) is 0 Å². The fraction of sp³-hybridized carbons (Fsp3) is 0.455. The molecule has 0 N–H and O–H groups in total. The van der Waals surface area contributed by atoms with E-state index in [9.17, 15) is 13.6 Å². The molecule has 0 fully saturated rings. The van der Waals surface area contributed by atoms with E-state index in [-0.39, 0.29) is 29.9 Å². The van der Waals surface area contributed by atoms with Crippen molar-refractivity contribution in [3.05, 3.63) is 29.1 Å². The van der Waals surface area contributed by atoms with Crippen LogP contribution in [0.1, 0.15) is 11.1 Å². The molecule has 0 aliphatic heterocycles. The molecule has 1 aromatic heterocycles. The molecular formula is C11H12F2N2O2. The van der Waals surface area contributed by atoms with Crippen molar-refractivity contribution in [1.82, 2.24) is 10.0 Å². The maximum absolute atomic E-state index is 13.4. The van der Waals surface area contributed by atoms with Gasteiger partial charge in [-0.2, -0.15) is 4.39 Å². The summed E-state index contributed by atoms with van der Waals surface area (Å²) in [6, 6.07) is 0. The Bertz CT molecular complexity index is 434. The van der Waals surface area contributed by atoms with Crippen LogP contribution in [0.2, 0.25) is 0 Å². The van der Waals surface area contributed by atoms with E-state index in [2.05, 4.69) is 4.98 Å². The van der Waals surface area contributed by atoms with Gasteiger partial charge in [0.1, 0.15) is 5.82 Å². The first kappa shape index (κ1) is 11.9. The van der Waals surface area contributed by atoms with E-state index in [4.69, 9.17) is 4.84 Å². The van der Waals surface area contributed by atoms with Gasteiger partial charge in [-0.1, -0.05) is 0 Å². The zero-order valence-electron chi connectivity index (χ0n) is 9.54. The zero-order chi connectivity index (χ0) is 12.6. The van der Waals surface area contributed by atoms with Crippen molar-refractivity contribution >= 4 is 5.91 Å². The molecule has 0 aromatic carbocycles. The lowest BCUT2D eigenvalue weighted by Gasteiger charge is -2.17. The number of carbonyl (C=O) groups is 1. The lowest BCUT2D eigenvalue weighted by Crippen LogP contribution is -2.32. The van der Waals surface area contributed by atoms with E-state index in [1.807, 2.05) is 0 Å².